The maximum absolute atomic E-state index is 13.1. The van der Waals surface area contributed by atoms with Gasteiger partial charge in [-0.15, -0.1) is 0 Å². The topological polar surface area (TPSA) is 81.0 Å². The Morgan fingerprint density at radius 2 is 1.80 bits per heavy atom. The van der Waals surface area contributed by atoms with E-state index in [0.717, 1.165) is 4.47 Å². The van der Waals surface area contributed by atoms with E-state index in [9.17, 15) is 9.59 Å². The third kappa shape index (κ3) is 4.34. The summed E-state index contributed by atoms with van der Waals surface area (Å²) in [6.45, 7) is 3.57. The van der Waals surface area contributed by atoms with Gasteiger partial charge in [-0.05, 0) is 43.3 Å². The van der Waals surface area contributed by atoms with Gasteiger partial charge in [-0.2, -0.15) is 0 Å². The number of nitrogens with zero attached hydrogens (tertiary/aromatic N) is 1. The first-order valence-corrected chi connectivity index (χ1v) is 10.4. The van der Waals surface area contributed by atoms with Gasteiger partial charge in [0.25, 0.3) is 11.8 Å². The molecule has 1 atom stereocenters. The SMILES string of the molecule is C[C@H](Oc1ccc(Br)cc1)C(=O)Nc1c(C(=O)N2CCOCC2)oc2ccccc12. The highest BCUT2D eigenvalue weighted by molar-refractivity contribution is 9.10. The van der Waals surface area contributed by atoms with Gasteiger partial charge in [-0.1, -0.05) is 28.1 Å². The van der Waals surface area contributed by atoms with E-state index in [1.54, 1.807) is 30.0 Å². The molecule has 0 aliphatic carbocycles. The number of furan rings is 1. The Morgan fingerprint density at radius 1 is 1.10 bits per heavy atom. The van der Waals surface area contributed by atoms with Gasteiger partial charge in [0.05, 0.1) is 13.2 Å². The smallest absolute Gasteiger partial charge is 0.291 e. The van der Waals surface area contributed by atoms with E-state index in [0.29, 0.717) is 48.7 Å². The van der Waals surface area contributed by atoms with Crippen LogP contribution in [0.25, 0.3) is 11.0 Å². The maximum atomic E-state index is 13.1. The number of ether oxygens (including phenoxy) is 2. The van der Waals surface area contributed by atoms with Crippen LogP contribution in [0.1, 0.15) is 17.5 Å². The molecule has 2 amide bonds. The zero-order valence-electron chi connectivity index (χ0n) is 16.4. The van der Waals surface area contributed by atoms with Crippen LogP contribution in [-0.2, 0) is 9.53 Å². The third-order valence-electron chi connectivity index (χ3n) is 4.83. The van der Waals surface area contributed by atoms with Gasteiger partial charge >= 0.3 is 0 Å². The minimum Gasteiger partial charge on any atom is -0.481 e. The molecule has 1 saturated heterocycles. The van der Waals surface area contributed by atoms with Crippen LogP contribution < -0.4 is 10.1 Å². The van der Waals surface area contributed by atoms with Gasteiger partial charge in [-0.3, -0.25) is 9.59 Å². The minimum absolute atomic E-state index is 0.113. The molecule has 0 unspecified atom stereocenters. The normalized spacial score (nSPS) is 15.1. The summed E-state index contributed by atoms with van der Waals surface area (Å²) in [4.78, 5) is 27.6. The van der Waals surface area contributed by atoms with Crippen LogP contribution in [0.3, 0.4) is 0 Å². The average Bonchev–Trinajstić information content (AvgIpc) is 3.13. The molecule has 1 aromatic heterocycles. The molecule has 3 aromatic rings. The molecule has 1 aliphatic heterocycles. The van der Waals surface area contributed by atoms with Crippen molar-refractivity contribution in [3.05, 3.63) is 58.8 Å². The van der Waals surface area contributed by atoms with Gasteiger partial charge < -0.3 is 24.1 Å². The van der Waals surface area contributed by atoms with Crippen molar-refractivity contribution >= 4 is 44.4 Å². The van der Waals surface area contributed by atoms with Gasteiger partial charge in [0.2, 0.25) is 5.76 Å². The number of amides is 2. The number of nitrogens with one attached hydrogen (secondary N) is 1. The van der Waals surface area contributed by atoms with Crippen LogP contribution in [0.4, 0.5) is 5.69 Å². The molecule has 1 N–H and O–H groups in total. The highest BCUT2D eigenvalue weighted by Crippen LogP contribution is 2.32. The summed E-state index contributed by atoms with van der Waals surface area (Å²) < 4.78 is 17.8. The lowest BCUT2D eigenvalue weighted by molar-refractivity contribution is -0.122. The highest BCUT2D eigenvalue weighted by Gasteiger charge is 2.28. The summed E-state index contributed by atoms with van der Waals surface area (Å²) in [5.74, 6) is 0.0385. The van der Waals surface area contributed by atoms with Crippen LogP contribution in [0.5, 0.6) is 5.75 Å². The standard InChI is InChI=1S/C22H21BrN2O5/c1-14(29-16-8-6-15(23)7-9-16)21(26)24-19-17-4-2-3-5-18(17)30-20(19)22(27)25-10-12-28-13-11-25/h2-9,14H,10-13H2,1H3,(H,24,26)/t14-/m0/s1. The summed E-state index contributed by atoms with van der Waals surface area (Å²) in [5, 5.41) is 3.50. The van der Waals surface area contributed by atoms with Crippen LogP contribution in [0, 0.1) is 0 Å². The number of benzene rings is 2. The lowest BCUT2D eigenvalue weighted by Crippen LogP contribution is -2.41. The summed E-state index contributed by atoms with van der Waals surface area (Å²) in [5.41, 5.74) is 0.893. The number of hydrogen-bond acceptors (Lipinski definition) is 5. The van der Waals surface area contributed by atoms with Crippen LogP contribution in [0.2, 0.25) is 0 Å². The van der Waals surface area contributed by atoms with Crippen molar-refractivity contribution in [2.75, 3.05) is 31.6 Å². The summed E-state index contributed by atoms with van der Waals surface area (Å²) in [7, 11) is 0. The molecule has 4 rings (SSSR count). The molecular weight excluding hydrogens is 452 g/mol. The zero-order valence-corrected chi connectivity index (χ0v) is 18.0. The number of anilines is 1. The summed E-state index contributed by atoms with van der Waals surface area (Å²) in [6, 6.07) is 14.4. The molecule has 2 heterocycles. The van der Waals surface area contributed by atoms with E-state index in [1.165, 1.54) is 0 Å². The molecule has 8 heteroatoms. The van der Waals surface area contributed by atoms with Gasteiger partial charge in [0.1, 0.15) is 17.0 Å². The number of rotatable bonds is 5. The van der Waals surface area contributed by atoms with E-state index in [2.05, 4.69) is 21.2 Å². The van der Waals surface area contributed by atoms with Crippen LogP contribution >= 0.6 is 15.9 Å². The lowest BCUT2D eigenvalue weighted by Gasteiger charge is -2.26. The van der Waals surface area contributed by atoms with E-state index in [1.807, 2.05) is 30.3 Å². The number of para-hydroxylation sites is 1. The van der Waals surface area contributed by atoms with Crippen molar-refractivity contribution in [1.29, 1.82) is 0 Å². The fourth-order valence-electron chi connectivity index (χ4n) is 3.23. The fourth-order valence-corrected chi connectivity index (χ4v) is 3.49. The van der Waals surface area contributed by atoms with Gasteiger partial charge in [0, 0.05) is 22.9 Å². The van der Waals surface area contributed by atoms with Crippen molar-refractivity contribution in [2.24, 2.45) is 0 Å². The van der Waals surface area contributed by atoms with Gasteiger partial charge in [-0.25, -0.2) is 0 Å². The second kappa shape index (κ2) is 8.89. The van der Waals surface area contributed by atoms with Gasteiger partial charge in [0.15, 0.2) is 6.10 Å². The molecule has 0 spiro atoms. The van der Waals surface area contributed by atoms with Crippen molar-refractivity contribution in [1.82, 2.24) is 4.90 Å². The Hall–Kier alpha value is -2.84. The summed E-state index contributed by atoms with van der Waals surface area (Å²) >= 11 is 3.37. The molecular formula is C22H21BrN2O5. The van der Waals surface area contributed by atoms with E-state index in [4.69, 9.17) is 13.9 Å². The Balaban J connectivity index is 1.58. The highest BCUT2D eigenvalue weighted by atomic mass is 79.9. The first-order valence-electron chi connectivity index (χ1n) is 9.64. The third-order valence-corrected chi connectivity index (χ3v) is 5.36. The largest absolute Gasteiger partial charge is 0.481 e. The Morgan fingerprint density at radius 3 is 2.53 bits per heavy atom. The molecule has 0 radical (unpaired) electrons. The quantitative estimate of drug-likeness (QED) is 0.604. The van der Waals surface area contributed by atoms with Crippen molar-refractivity contribution in [3.8, 4) is 5.75 Å². The van der Waals surface area contributed by atoms with E-state index >= 15 is 0 Å². The molecule has 0 saturated carbocycles. The number of morpholine rings is 1. The first-order chi connectivity index (χ1) is 14.5. The maximum Gasteiger partial charge on any atom is 0.291 e. The zero-order chi connectivity index (χ0) is 21.1. The molecule has 2 aromatic carbocycles. The molecule has 7 nitrogen and oxygen atoms in total. The fraction of sp³-hybridized carbons (Fsp3) is 0.273. The van der Waals surface area contributed by atoms with E-state index < -0.39 is 6.10 Å². The molecule has 1 aliphatic rings. The Bertz CT molecular complexity index is 1060. The predicted molar refractivity (Wildman–Crippen MR) is 116 cm³/mol. The number of hydrogen-bond donors (Lipinski definition) is 1. The Labute approximate surface area is 182 Å². The molecule has 1 fully saturated rings. The number of halogens is 1. The second-order valence-corrected chi connectivity index (χ2v) is 7.83. The van der Waals surface area contributed by atoms with Crippen molar-refractivity contribution in [3.63, 3.8) is 0 Å². The molecule has 156 valence electrons. The predicted octanol–water partition coefficient (Wildman–Crippen LogP) is 4.07. The first kappa shape index (κ1) is 20.4. The monoisotopic (exact) mass is 472 g/mol. The number of fused-ring (bicyclic) bond motifs is 1. The van der Waals surface area contributed by atoms with Crippen molar-refractivity contribution < 1.29 is 23.5 Å². The number of carbonyl (C=O) groups is 2. The molecule has 30 heavy (non-hydrogen) atoms. The molecule has 0 bridgehead atoms. The van der Waals surface area contributed by atoms with Crippen molar-refractivity contribution in [2.45, 2.75) is 13.0 Å². The van der Waals surface area contributed by atoms with E-state index in [-0.39, 0.29) is 17.6 Å². The van der Waals surface area contributed by atoms with Crippen LogP contribution in [0.15, 0.2) is 57.4 Å². The number of carbonyl (C=O) groups excluding carboxylic acids is 2. The Kier molecular flexibility index (Phi) is 6.06. The second-order valence-electron chi connectivity index (χ2n) is 6.91. The summed E-state index contributed by atoms with van der Waals surface area (Å²) in [6.07, 6.45) is -0.772. The van der Waals surface area contributed by atoms with Crippen LogP contribution in [-0.4, -0.2) is 49.1 Å². The minimum atomic E-state index is -0.772. The lowest BCUT2D eigenvalue weighted by atomic mass is 10.2. The average molecular weight is 473 g/mol.